The van der Waals surface area contributed by atoms with E-state index in [1.807, 2.05) is 6.20 Å². The van der Waals surface area contributed by atoms with Gasteiger partial charge in [-0.1, -0.05) is 25.8 Å². The molecule has 2 aliphatic rings. The largest absolute Gasteiger partial charge is 0.391 e. The Hall–Kier alpha value is -0.930. The molecule has 1 aromatic rings. The number of aryl methyl sites for hydroxylation is 1. The number of rotatable bonds is 5. The van der Waals surface area contributed by atoms with Crippen molar-refractivity contribution in [3.8, 4) is 0 Å². The second kappa shape index (κ2) is 6.45. The number of likely N-dealkylation sites (tertiary alicyclic amines) is 1. The molecule has 1 aliphatic heterocycles. The van der Waals surface area contributed by atoms with Crippen LogP contribution in [-0.2, 0) is 12.8 Å². The third-order valence-electron chi connectivity index (χ3n) is 5.52. The summed E-state index contributed by atoms with van der Waals surface area (Å²) in [6, 6.07) is 4.24. The van der Waals surface area contributed by atoms with Crippen LogP contribution in [0.2, 0.25) is 0 Å². The molecule has 0 spiro atoms. The summed E-state index contributed by atoms with van der Waals surface area (Å²) in [5, 5.41) is 11.0. The van der Waals surface area contributed by atoms with Crippen LogP contribution in [0.1, 0.15) is 56.7 Å². The molecule has 1 aliphatic carbocycles. The highest BCUT2D eigenvalue weighted by Crippen LogP contribution is 2.40. The van der Waals surface area contributed by atoms with Crippen LogP contribution in [-0.4, -0.2) is 39.7 Å². The lowest BCUT2D eigenvalue weighted by molar-refractivity contribution is -0.0176. The lowest BCUT2D eigenvalue weighted by Crippen LogP contribution is -2.54. The quantitative estimate of drug-likeness (QED) is 0.905. The summed E-state index contributed by atoms with van der Waals surface area (Å²) in [5.74, 6) is 0. The SMILES string of the molecule is CCc1ccc(CC(O)C2(N3CCCC3)CCCC2)nc1. The molecule has 3 heteroatoms. The summed E-state index contributed by atoms with van der Waals surface area (Å²) >= 11 is 0. The number of hydrogen-bond donors (Lipinski definition) is 1. The minimum atomic E-state index is -0.280. The molecule has 2 fully saturated rings. The Bertz CT molecular complexity index is 445. The Morgan fingerprint density at radius 1 is 1.19 bits per heavy atom. The molecule has 0 bridgehead atoms. The summed E-state index contributed by atoms with van der Waals surface area (Å²) in [6.07, 6.45) is 10.8. The van der Waals surface area contributed by atoms with Gasteiger partial charge in [0, 0.05) is 23.9 Å². The molecule has 1 N–H and O–H groups in total. The maximum absolute atomic E-state index is 11.0. The highest BCUT2D eigenvalue weighted by Gasteiger charge is 2.46. The van der Waals surface area contributed by atoms with E-state index in [-0.39, 0.29) is 11.6 Å². The summed E-state index contributed by atoms with van der Waals surface area (Å²) < 4.78 is 0. The number of pyridine rings is 1. The first-order chi connectivity index (χ1) is 10.2. The highest BCUT2D eigenvalue weighted by atomic mass is 16.3. The van der Waals surface area contributed by atoms with Crippen LogP contribution in [0, 0.1) is 0 Å². The molecule has 0 amide bonds. The fourth-order valence-electron chi connectivity index (χ4n) is 4.18. The van der Waals surface area contributed by atoms with E-state index in [9.17, 15) is 5.11 Å². The van der Waals surface area contributed by atoms with E-state index < -0.39 is 0 Å². The minimum absolute atomic E-state index is 0.0294. The molecule has 1 saturated carbocycles. The summed E-state index contributed by atoms with van der Waals surface area (Å²) in [6.45, 7) is 4.48. The van der Waals surface area contributed by atoms with Gasteiger partial charge in [0.15, 0.2) is 0 Å². The van der Waals surface area contributed by atoms with E-state index in [4.69, 9.17) is 0 Å². The van der Waals surface area contributed by atoms with E-state index >= 15 is 0 Å². The maximum Gasteiger partial charge on any atom is 0.0779 e. The van der Waals surface area contributed by atoms with Crippen molar-refractivity contribution in [1.82, 2.24) is 9.88 Å². The highest BCUT2D eigenvalue weighted by molar-refractivity contribution is 5.16. The van der Waals surface area contributed by atoms with Gasteiger partial charge < -0.3 is 5.11 Å². The van der Waals surface area contributed by atoms with Crippen LogP contribution in [0.3, 0.4) is 0 Å². The standard InChI is InChI=1S/C18H28N2O/c1-2-15-7-8-16(19-14-15)13-17(21)18(9-3-4-10-18)20-11-5-6-12-20/h7-8,14,17,21H,2-6,9-13H2,1H3. The Morgan fingerprint density at radius 3 is 2.48 bits per heavy atom. The van der Waals surface area contributed by atoms with Crippen molar-refractivity contribution in [2.75, 3.05) is 13.1 Å². The van der Waals surface area contributed by atoms with Crippen LogP contribution in [0.15, 0.2) is 18.3 Å². The van der Waals surface area contributed by atoms with E-state index in [1.165, 1.54) is 44.3 Å². The first-order valence-electron chi connectivity index (χ1n) is 8.61. The molecular weight excluding hydrogens is 260 g/mol. The van der Waals surface area contributed by atoms with Crippen LogP contribution < -0.4 is 0 Å². The Labute approximate surface area is 128 Å². The lowest BCUT2D eigenvalue weighted by atomic mass is 9.85. The molecule has 116 valence electrons. The normalized spacial score (nSPS) is 23.5. The molecule has 2 heterocycles. The molecule has 1 atom stereocenters. The third kappa shape index (κ3) is 3.00. The lowest BCUT2D eigenvalue weighted by Gasteiger charge is -2.42. The monoisotopic (exact) mass is 288 g/mol. The van der Waals surface area contributed by atoms with Gasteiger partial charge in [0.1, 0.15) is 0 Å². The van der Waals surface area contributed by atoms with E-state index in [2.05, 4.69) is 28.9 Å². The van der Waals surface area contributed by atoms with Crippen molar-refractivity contribution < 1.29 is 5.11 Å². The molecule has 1 aromatic heterocycles. The van der Waals surface area contributed by atoms with E-state index in [0.29, 0.717) is 6.42 Å². The second-order valence-corrected chi connectivity index (χ2v) is 6.74. The minimum Gasteiger partial charge on any atom is -0.391 e. The van der Waals surface area contributed by atoms with Crippen LogP contribution >= 0.6 is 0 Å². The van der Waals surface area contributed by atoms with Gasteiger partial charge in [-0.15, -0.1) is 0 Å². The second-order valence-electron chi connectivity index (χ2n) is 6.74. The van der Waals surface area contributed by atoms with Crippen molar-refractivity contribution >= 4 is 0 Å². The predicted molar refractivity (Wildman–Crippen MR) is 85.3 cm³/mol. The first-order valence-corrected chi connectivity index (χ1v) is 8.61. The molecule has 0 radical (unpaired) electrons. The molecule has 1 unspecified atom stereocenters. The zero-order valence-electron chi connectivity index (χ0n) is 13.2. The van der Waals surface area contributed by atoms with E-state index in [1.54, 1.807) is 0 Å². The summed E-state index contributed by atoms with van der Waals surface area (Å²) in [7, 11) is 0. The van der Waals surface area contributed by atoms with Gasteiger partial charge in [0.25, 0.3) is 0 Å². The van der Waals surface area contributed by atoms with Gasteiger partial charge in [0.2, 0.25) is 0 Å². The van der Waals surface area contributed by atoms with Crippen molar-refractivity contribution in [3.63, 3.8) is 0 Å². The molecule has 3 nitrogen and oxygen atoms in total. The van der Waals surface area contributed by atoms with Crippen molar-refractivity contribution in [3.05, 3.63) is 29.6 Å². The zero-order chi connectivity index (χ0) is 14.7. The van der Waals surface area contributed by atoms with E-state index in [0.717, 1.165) is 25.0 Å². The van der Waals surface area contributed by atoms with Gasteiger partial charge in [-0.05, 0) is 56.8 Å². The van der Waals surface area contributed by atoms with Crippen LogP contribution in [0.4, 0.5) is 0 Å². The van der Waals surface area contributed by atoms with Gasteiger partial charge in [-0.25, -0.2) is 0 Å². The Balaban J connectivity index is 1.73. The first kappa shape index (κ1) is 15.0. The average molecular weight is 288 g/mol. The Kier molecular flexibility index (Phi) is 4.60. The fraction of sp³-hybridized carbons (Fsp3) is 0.722. The summed E-state index contributed by atoms with van der Waals surface area (Å²) in [5.41, 5.74) is 2.33. The predicted octanol–water partition coefficient (Wildman–Crippen LogP) is 2.96. The maximum atomic E-state index is 11.0. The average Bonchev–Trinajstić information content (AvgIpc) is 3.19. The van der Waals surface area contributed by atoms with Crippen molar-refractivity contribution in [2.24, 2.45) is 0 Å². The number of hydrogen-bond acceptors (Lipinski definition) is 3. The number of nitrogens with zero attached hydrogens (tertiary/aromatic N) is 2. The molecular formula is C18H28N2O. The van der Waals surface area contributed by atoms with Gasteiger partial charge in [-0.3, -0.25) is 9.88 Å². The van der Waals surface area contributed by atoms with Crippen molar-refractivity contribution in [1.29, 1.82) is 0 Å². The van der Waals surface area contributed by atoms with Gasteiger partial charge >= 0.3 is 0 Å². The Morgan fingerprint density at radius 2 is 1.90 bits per heavy atom. The zero-order valence-corrected chi connectivity index (χ0v) is 13.2. The number of aliphatic hydroxyl groups is 1. The third-order valence-corrected chi connectivity index (χ3v) is 5.52. The summed E-state index contributed by atoms with van der Waals surface area (Å²) in [4.78, 5) is 7.11. The molecule has 0 aromatic carbocycles. The van der Waals surface area contributed by atoms with Gasteiger partial charge in [0.05, 0.1) is 6.10 Å². The smallest absolute Gasteiger partial charge is 0.0779 e. The van der Waals surface area contributed by atoms with Crippen molar-refractivity contribution in [2.45, 2.75) is 69.9 Å². The molecule has 3 rings (SSSR count). The van der Waals surface area contributed by atoms with Crippen LogP contribution in [0.5, 0.6) is 0 Å². The van der Waals surface area contributed by atoms with Gasteiger partial charge in [-0.2, -0.15) is 0 Å². The topological polar surface area (TPSA) is 36.4 Å². The molecule has 21 heavy (non-hydrogen) atoms. The number of aliphatic hydroxyl groups excluding tert-OH is 1. The molecule has 1 saturated heterocycles. The number of aromatic nitrogens is 1. The fourth-order valence-corrected chi connectivity index (χ4v) is 4.18. The van der Waals surface area contributed by atoms with Crippen LogP contribution in [0.25, 0.3) is 0 Å².